The highest BCUT2D eigenvalue weighted by molar-refractivity contribution is 8.01. The molecule has 2 aromatic rings. The van der Waals surface area contributed by atoms with E-state index < -0.39 is 0 Å². The van der Waals surface area contributed by atoms with E-state index in [4.69, 9.17) is 5.73 Å². The summed E-state index contributed by atoms with van der Waals surface area (Å²) in [6.07, 6.45) is 0. The molecule has 78 valence electrons. The van der Waals surface area contributed by atoms with E-state index in [1.807, 2.05) is 0 Å². The Morgan fingerprint density at radius 3 is 2.93 bits per heavy atom. The largest absolute Gasteiger partial charge is 0.398 e. The van der Waals surface area contributed by atoms with Crippen molar-refractivity contribution in [3.63, 3.8) is 0 Å². The molecule has 0 radical (unpaired) electrons. The van der Waals surface area contributed by atoms with E-state index in [9.17, 15) is 4.39 Å². The number of hydrogen-bond acceptors (Lipinski definition) is 5. The smallest absolute Gasteiger partial charge is 0.178 e. The van der Waals surface area contributed by atoms with Gasteiger partial charge in [-0.1, -0.05) is 23.1 Å². The average molecular weight is 241 g/mol. The van der Waals surface area contributed by atoms with E-state index in [1.165, 1.54) is 29.2 Å². The Kier molecular flexibility index (Phi) is 2.88. The van der Waals surface area contributed by atoms with Crippen LogP contribution in [0.3, 0.4) is 0 Å². The SMILES string of the molecule is Cc1cc(Sc2nncs2)c(N)cc1F. The van der Waals surface area contributed by atoms with Crippen LogP contribution >= 0.6 is 23.1 Å². The molecule has 0 aliphatic rings. The van der Waals surface area contributed by atoms with Crippen LogP contribution in [0.5, 0.6) is 0 Å². The minimum Gasteiger partial charge on any atom is -0.398 e. The van der Waals surface area contributed by atoms with Crippen LogP contribution in [0.2, 0.25) is 0 Å². The number of nitrogen functional groups attached to an aromatic ring is 1. The summed E-state index contributed by atoms with van der Waals surface area (Å²) in [7, 11) is 0. The summed E-state index contributed by atoms with van der Waals surface area (Å²) < 4.78 is 13.9. The molecule has 0 atom stereocenters. The third-order valence-corrected chi connectivity index (χ3v) is 3.68. The Hall–Kier alpha value is -1.14. The maximum Gasteiger partial charge on any atom is 0.178 e. The van der Waals surface area contributed by atoms with Crippen LogP contribution in [0.4, 0.5) is 10.1 Å². The summed E-state index contributed by atoms with van der Waals surface area (Å²) in [5.74, 6) is -0.283. The third-order valence-electron chi connectivity index (χ3n) is 1.83. The molecular formula is C9H8FN3S2. The van der Waals surface area contributed by atoms with Crippen LogP contribution in [0.25, 0.3) is 0 Å². The van der Waals surface area contributed by atoms with Crippen LogP contribution in [-0.2, 0) is 0 Å². The van der Waals surface area contributed by atoms with Gasteiger partial charge in [-0.2, -0.15) is 0 Å². The van der Waals surface area contributed by atoms with E-state index in [1.54, 1.807) is 18.5 Å². The van der Waals surface area contributed by atoms with Gasteiger partial charge >= 0.3 is 0 Å². The van der Waals surface area contributed by atoms with Gasteiger partial charge in [-0.15, -0.1) is 10.2 Å². The maximum atomic E-state index is 13.1. The van der Waals surface area contributed by atoms with Gasteiger partial charge in [0.15, 0.2) is 4.34 Å². The Morgan fingerprint density at radius 1 is 1.47 bits per heavy atom. The van der Waals surface area contributed by atoms with Gasteiger partial charge in [0.05, 0.1) is 0 Å². The van der Waals surface area contributed by atoms with Crippen molar-refractivity contribution >= 4 is 28.8 Å². The van der Waals surface area contributed by atoms with E-state index in [0.29, 0.717) is 11.3 Å². The topological polar surface area (TPSA) is 51.8 Å². The first kappa shape index (κ1) is 10.4. The molecule has 0 bridgehead atoms. The summed E-state index contributed by atoms with van der Waals surface area (Å²) in [5, 5.41) is 7.61. The molecule has 1 aromatic carbocycles. The van der Waals surface area contributed by atoms with Gasteiger partial charge in [0, 0.05) is 10.6 Å². The van der Waals surface area contributed by atoms with Crippen molar-refractivity contribution in [1.82, 2.24) is 10.2 Å². The number of aryl methyl sites for hydroxylation is 1. The highest BCUT2D eigenvalue weighted by Crippen LogP contribution is 2.33. The summed E-state index contributed by atoms with van der Waals surface area (Å²) >= 11 is 2.82. The van der Waals surface area contributed by atoms with Crippen LogP contribution in [0, 0.1) is 12.7 Å². The van der Waals surface area contributed by atoms with E-state index in [2.05, 4.69) is 10.2 Å². The first-order valence-electron chi connectivity index (χ1n) is 4.16. The fourth-order valence-electron chi connectivity index (χ4n) is 1.06. The molecule has 6 heteroatoms. The molecule has 15 heavy (non-hydrogen) atoms. The van der Waals surface area contributed by atoms with Gasteiger partial charge < -0.3 is 5.73 Å². The average Bonchev–Trinajstić information content (AvgIpc) is 2.67. The van der Waals surface area contributed by atoms with Gasteiger partial charge in [0.25, 0.3) is 0 Å². The lowest BCUT2D eigenvalue weighted by Crippen LogP contribution is -1.92. The Balaban J connectivity index is 2.33. The molecule has 0 unspecified atom stereocenters. The quantitative estimate of drug-likeness (QED) is 0.821. The number of rotatable bonds is 2. The summed E-state index contributed by atoms with van der Waals surface area (Å²) in [6.45, 7) is 1.71. The van der Waals surface area contributed by atoms with Crippen molar-refractivity contribution in [3.05, 3.63) is 29.0 Å². The predicted octanol–water partition coefficient (Wildman–Crippen LogP) is 2.72. The molecule has 2 N–H and O–H groups in total. The maximum absolute atomic E-state index is 13.1. The molecule has 1 aromatic heterocycles. The predicted molar refractivity (Wildman–Crippen MR) is 59.6 cm³/mol. The second kappa shape index (κ2) is 4.16. The van der Waals surface area contributed by atoms with Crippen LogP contribution < -0.4 is 5.73 Å². The van der Waals surface area contributed by atoms with E-state index in [0.717, 1.165) is 9.24 Å². The van der Waals surface area contributed by atoms with Crippen molar-refractivity contribution in [1.29, 1.82) is 0 Å². The van der Waals surface area contributed by atoms with Crippen molar-refractivity contribution in [2.45, 2.75) is 16.2 Å². The Morgan fingerprint density at radius 2 is 2.27 bits per heavy atom. The molecule has 0 spiro atoms. The van der Waals surface area contributed by atoms with Gasteiger partial charge in [-0.05, 0) is 24.6 Å². The first-order chi connectivity index (χ1) is 7.16. The Labute approximate surface area is 94.5 Å². The third kappa shape index (κ3) is 2.27. The fourth-order valence-corrected chi connectivity index (χ4v) is 2.62. The molecule has 0 fully saturated rings. The van der Waals surface area contributed by atoms with E-state index in [-0.39, 0.29) is 5.82 Å². The van der Waals surface area contributed by atoms with Crippen molar-refractivity contribution in [2.24, 2.45) is 0 Å². The second-order valence-electron chi connectivity index (χ2n) is 2.95. The monoisotopic (exact) mass is 241 g/mol. The van der Waals surface area contributed by atoms with Crippen molar-refractivity contribution in [3.8, 4) is 0 Å². The van der Waals surface area contributed by atoms with E-state index >= 15 is 0 Å². The van der Waals surface area contributed by atoms with Gasteiger partial charge in [-0.25, -0.2) is 4.39 Å². The van der Waals surface area contributed by atoms with Crippen LogP contribution in [0.15, 0.2) is 26.9 Å². The number of nitrogens with two attached hydrogens (primary N) is 1. The highest BCUT2D eigenvalue weighted by Gasteiger charge is 2.08. The van der Waals surface area contributed by atoms with Crippen molar-refractivity contribution in [2.75, 3.05) is 5.73 Å². The lowest BCUT2D eigenvalue weighted by Gasteiger charge is -2.04. The van der Waals surface area contributed by atoms with Crippen LogP contribution in [0.1, 0.15) is 5.56 Å². The fraction of sp³-hybridized carbons (Fsp3) is 0.111. The summed E-state index contributed by atoms with van der Waals surface area (Å²) in [5.41, 5.74) is 8.36. The number of anilines is 1. The molecule has 0 saturated heterocycles. The van der Waals surface area contributed by atoms with Crippen LogP contribution in [-0.4, -0.2) is 10.2 Å². The molecule has 0 saturated carbocycles. The Bertz CT molecular complexity index is 470. The normalized spacial score (nSPS) is 10.5. The van der Waals surface area contributed by atoms with Gasteiger partial charge in [0.2, 0.25) is 0 Å². The zero-order valence-corrected chi connectivity index (χ0v) is 9.53. The zero-order chi connectivity index (χ0) is 10.8. The van der Waals surface area contributed by atoms with Crippen molar-refractivity contribution < 1.29 is 4.39 Å². The number of nitrogens with zero attached hydrogens (tertiary/aromatic N) is 2. The zero-order valence-electron chi connectivity index (χ0n) is 7.90. The standard InChI is InChI=1S/C9H8FN3S2/c1-5-2-8(7(11)3-6(5)10)15-9-13-12-4-14-9/h2-4H,11H2,1H3. The molecule has 1 heterocycles. The van der Waals surface area contributed by atoms with Gasteiger partial charge in [-0.3, -0.25) is 0 Å². The lowest BCUT2D eigenvalue weighted by molar-refractivity contribution is 0.618. The molecule has 0 aliphatic carbocycles. The lowest BCUT2D eigenvalue weighted by atomic mass is 10.2. The summed E-state index contributed by atoms with van der Waals surface area (Å²) in [6, 6.07) is 3.05. The number of hydrogen-bond donors (Lipinski definition) is 1. The number of aromatic nitrogens is 2. The minimum atomic E-state index is -0.283. The molecule has 0 amide bonds. The summed E-state index contributed by atoms with van der Waals surface area (Å²) in [4.78, 5) is 0.811. The highest BCUT2D eigenvalue weighted by atomic mass is 32.2. The molecular weight excluding hydrogens is 233 g/mol. The molecule has 2 rings (SSSR count). The molecule has 3 nitrogen and oxygen atoms in total. The minimum absolute atomic E-state index is 0.283. The number of halogens is 1. The second-order valence-corrected chi connectivity index (χ2v) is 5.07. The number of benzene rings is 1. The first-order valence-corrected chi connectivity index (χ1v) is 5.86. The molecule has 0 aliphatic heterocycles. The van der Waals surface area contributed by atoms with Gasteiger partial charge in [0.1, 0.15) is 11.3 Å².